The lowest BCUT2D eigenvalue weighted by molar-refractivity contribution is 0.0812. The summed E-state index contributed by atoms with van der Waals surface area (Å²) in [5.41, 5.74) is 6.15. The van der Waals surface area contributed by atoms with Gasteiger partial charge < -0.3 is 5.73 Å². The van der Waals surface area contributed by atoms with Crippen molar-refractivity contribution in [2.45, 2.75) is 52.0 Å². The van der Waals surface area contributed by atoms with Crippen LogP contribution in [0.1, 0.15) is 46.5 Å². The van der Waals surface area contributed by atoms with Gasteiger partial charge in [-0.3, -0.25) is 4.90 Å². The molecule has 15 heavy (non-hydrogen) atoms. The van der Waals surface area contributed by atoms with Crippen LogP contribution in [0.2, 0.25) is 0 Å². The number of likely N-dealkylation sites (N-methyl/N-ethyl adjacent to an activating group) is 1. The van der Waals surface area contributed by atoms with Gasteiger partial charge in [-0.05, 0) is 45.1 Å². The monoisotopic (exact) mass is 212 g/mol. The largest absolute Gasteiger partial charge is 0.329 e. The molecule has 0 spiro atoms. The molecule has 0 amide bonds. The van der Waals surface area contributed by atoms with Crippen LogP contribution in [0.25, 0.3) is 0 Å². The topological polar surface area (TPSA) is 29.3 Å². The maximum atomic E-state index is 5.95. The van der Waals surface area contributed by atoms with E-state index in [0.29, 0.717) is 0 Å². The van der Waals surface area contributed by atoms with Crippen molar-refractivity contribution in [3.05, 3.63) is 0 Å². The third kappa shape index (κ3) is 3.46. The summed E-state index contributed by atoms with van der Waals surface area (Å²) < 4.78 is 0. The fourth-order valence-corrected chi connectivity index (χ4v) is 2.56. The van der Waals surface area contributed by atoms with Gasteiger partial charge in [0.15, 0.2) is 0 Å². The molecule has 1 atom stereocenters. The third-order valence-electron chi connectivity index (χ3n) is 3.97. The van der Waals surface area contributed by atoms with Gasteiger partial charge in [0, 0.05) is 18.6 Å². The summed E-state index contributed by atoms with van der Waals surface area (Å²) in [7, 11) is 2.24. The van der Waals surface area contributed by atoms with Crippen molar-refractivity contribution in [3.8, 4) is 0 Å². The zero-order valence-electron chi connectivity index (χ0n) is 10.9. The van der Waals surface area contributed by atoms with Crippen molar-refractivity contribution >= 4 is 0 Å². The highest BCUT2D eigenvalue weighted by atomic mass is 15.2. The lowest BCUT2D eigenvalue weighted by Gasteiger charge is -2.42. The van der Waals surface area contributed by atoms with Gasteiger partial charge in [0.05, 0.1) is 0 Å². The molecule has 1 fully saturated rings. The molecule has 1 rings (SSSR count). The van der Waals surface area contributed by atoms with Crippen LogP contribution < -0.4 is 5.73 Å². The number of hydrogen-bond donors (Lipinski definition) is 1. The van der Waals surface area contributed by atoms with Crippen LogP contribution in [-0.4, -0.2) is 30.6 Å². The second kappa shape index (κ2) is 5.31. The van der Waals surface area contributed by atoms with E-state index in [2.05, 4.69) is 32.7 Å². The summed E-state index contributed by atoms with van der Waals surface area (Å²) in [4.78, 5) is 2.50. The van der Waals surface area contributed by atoms with Gasteiger partial charge in [-0.1, -0.05) is 20.3 Å². The normalized spacial score (nSPS) is 21.8. The predicted octanol–water partition coefficient (Wildman–Crippen LogP) is 2.48. The molecule has 0 aromatic carbocycles. The standard InChI is InChI=1S/C13H28N2/c1-11(2)8-13(3,10-14)15(4)9-12-6-5-7-12/h11-12H,5-10,14H2,1-4H3. The fourth-order valence-electron chi connectivity index (χ4n) is 2.56. The Labute approximate surface area is 95.2 Å². The molecule has 1 unspecified atom stereocenters. The Morgan fingerprint density at radius 3 is 2.33 bits per heavy atom. The van der Waals surface area contributed by atoms with Crippen LogP contribution in [0.15, 0.2) is 0 Å². The Hall–Kier alpha value is -0.0800. The van der Waals surface area contributed by atoms with Crippen LogP contribution >= 0.6 is 0 Å². The molecule has 2 heteroatoms. The molecule has 0 bridgehead atoms. The van der Waals surface area contributed by atoms with Gasteiger partial charge in [0.2, 0.25) is 0 Å². The first kappa shape index (κ1) is 13.0. The summed E-state index contributed by atoms with van der Waals surface area (Å²) >= 11 is 0. The van der Waals surface area contributed by atoms with Gasteiger partial charge in [-0.25, -0.2) is 0 Å². The van der Waals surface area contributed by atoms with Crippen molar-refractivity contribution in [2.75, 3.05) is 20.1 Å². The van der Waals surface area contributed by atoms with E-state index >= 15 is 0 Å². The van der Waals surface area contributed by atoms with E-state index in [-0.39, 0.29) is 5.54 Å². The van der Waals surface area contributed by atoms with Crippen molar-refractivity contribution in [3.63, 3.8) is 0 Å². The lowest BCUT2D eigenvalue weighted by atomic mass is 9.82. The molecule has 1 aliphatic carbocycles. The highest BCUT2D eigenvalue weighted by Gasteiger charge is 2.31. The van der Waals surface area contributed by atoms with E-state index in [4.69, 9.17) is 5.73 Å². The molecule has 2 nitrogen and oxygen atoms in total. The van der Waals surface area contributed by atoms with Crippen LogP contribution in [-0.2, 0) is 0 Å². The second-order valence-electron chi connectivity index (χ2n) is 5.98. The number of nitrogens with two attached hydrogens (primary N) is 1. The Kier molecular flexibility index (Phi) is 4.60. The molecule has 0 aromatic rings. The Morgan fingerprint density at radius 2 is 2.00 bits per heavy atom. The van der Waals surface area contributed by atoms with E-state index in [9.17, 15) is 0 Å². The van der Waals surface area contributed by atoms with Gasteiger partial charge in [0.25, 0.3) is 0 Å². The molecular formula is C13H28N2. The van der Waals surface area contributed by atoms with Gasteiger partial charge in [0.1, 0.15) is 0 Å². The molecular weight excluding hydrogens is 184 g/mol. The van der Waals surface area contributed by atoms with E-state index in [1.165, 1.54) is 32.2 Å². The molecule has 0 saturated heterocycles. The minimum Gasteiger partial charge on any atom is -0.329 e. The molecule has 1 aliphatic rings. The first-order valence-corrected chi connectivity index (χ1v) is 6.39. The minimum atomic E-state index is 0.198. The summed E-state index contributed by atoms with van der Waals surface area (Å²) in [6.07, 6.45) is 5.48. The first-order chi connectivity index (χ1) is 6.98. The van der Waals surface area contributed by atoms with E-state index in [1.54, 1.807) is 0 Å². The molecule has 0 heterocycles. The van der Waals surface area contributed by atoms with Gasteiger partial charge >= 0.3 is 0 Å². The molecule has 2 N–H and O–H groups in total. The smallest absolute Gasteiger partial charge is 0.0303 e. The predicted molar refractivity (Wildman–Crippen MR) is 66.9 cm³/mol. The number of nitrogens with zero attached hydrogens (tertiary/aromatic N) is 1. The molecule has 90 valence electrons. The Morgan fingerprint density at radius 1 is 1.40 bits per heavy atom. The highest BCUT2D eigenvalue weighted by Crippen LogP contribution is 2.30. The maximum absolute atomic E-state index is 5.95. The second-order valence-corrected chi connectivity index (χ2v) is 5.98. The molecule has 0 aliphatic heterocycles. The van der Waals surface area contributed by atoms with E-state index in [1.807, 2.05) is 0 Å². The Bertz CT molecular complexity index is 187. The summed E-state index contributed by atoms with van der Waals surface area (Å²) in [5, 5.41) is 0. The highest BCUT2D eigenvalue weighted by molar-refractivity contribution is 4.88. The van der Waals surface area contributed by atoms with Crippen molar-refractivity contribution in [1.82, 2.24) is 4.90 Å². The van der Waals surface area contributed by atoms with Gasteiger partial charge in [-0.15, -0.1) is 0 Å². The van der Waals surface area contributed by atoms with Crippen LogP contribution in [0.5, 0.6) is 0 Å². The van der Waals surface area contributed by atoms with Gasteiger partial charge in [-0.2, -0.15) is 0 Å². The van der Waals surface area contributed by atoms with E-state index in [0.717, 1.165) is 18.4 Å². The SMILES string of the molecule is CC(C)CC(C)(CN)N(C)CC1CCC1. The summed E-state index contributed by atoms with van der Waals surface area (Å²) in [6.45, 7) is 8.89. The van der Waals surface area contributed by atoms with Crippen LogP contribution in [0.4, 0.5) is 0 Å². The summed E-state index contributed by atoms with van der Waals surface area (Å²) in [6, 6.07) is 0. The van der Waals surface area contributed by atoms with E-state index < -0.39 is 0 Å². The third-order valence-corrected chi connectivity index (χ3v) is 3.97. The number of rotatable bonds is 6. The molecule has 1 saturated carbocycles. The van der Waals surface area contributed by atoms with Crippen molar-refractivity contribution in [2.24, 2.45) is 17.6 Å². The molecule has 0 aromatic heterocycles. The van der Waals surface area contributed by atoms with Crippen molar-refractivity contribution < 1.29 is 0 Å². The quantitative estimate of drug-likeness (QED) is 0.733. The molecule has 0 radical (unpaired) electrons. The maximum Gasteiger partial charge on any atom is 0.0303 e. The van der Waals surface area contributed by atoms with Crippen LogP contribution in [0.3, 0.4) is 0 Å². The lowest BCUT2D eigenvalue weighted by Crippen LogP contribution is -2.52. The zero-order chi connectivity index (χ0) is 11.5. The zero-order valence-corrected chi connectivity index (χ0v) is 10.9. The summed E-state index contributed by atoms with van der Waals surface area (Å²) in [5.74, 6) is 1.66. The number of hydrogen-bond acceptors (Lipinski definition) is 2. The Balaban J connectivity index is 2.46. The first-order valence-electron chi connectivity index (χ1n) is 6.39. The average molecular weight is 212 g/mol. The van der Waals surface area contributed by atoms with Crippen LogP contribution in [0, 0.1) is 11.8 Å². The fraction of sp³-hybridized carbons (Fsp3) is 1.00. The average Bonchev–Trinajstić information content (AvgIpc) is 2.09. The minimum absolute atomic E-state index is 0.198. The van der Waals surface area contributed by atoms with Crippen molar-refractivity contribution in [1.29, 1.82) is 0 Å².